The third-order valence-electron chi connectivity index (χ3n) is 5.57. The van der Waals surface area contributed by atoms with Crippen molar-refractivity contribution in [2.45, 2.75) is 6.04 Å². The van der Waals surface area contributed by atoms with E-state index in [2.05, 4.69) is 15.9 Å². The molecule has 1 aromatic heterocycles. The average Bonchev–Trinajstić information content (AvgIpc) is 3.22. The van der Waals surface area contributed by atoms with Gasteiger partial charge in [-0.3, -0.25) is 10.1 Å². The first-order valence-corrected chi connectivity index (χ1v) is 11.1. The highest BCUT2D eigenvalue weighted by Gasteiger charge is 2.26. The van der Waals surface area contributed by atoms with Crippen molar-refractivity contribution in [2.75, 3.05) is 0 Å². The maximum absolute atomic E-state index is 11.4. The quantitative estimate of drug-likeness (QED) is 0.215. The predicted octanol–water partition coefficient (Wildman–Crippen LogP) is 6.72. The largest absolute Gasteiger partial charge is 0.508 e. The molecule has 1 unspecified atom stereocenters. The highest BCUT2D eigenvalue weighted by Crippen LogP contribution is 2.40. The molecule has 0 saturated carbocycles. The Morgan fingerprint density at radius 1 is 0.909 bits per heavy atom. The number of halogens is 1. The van der Waals surface area contributed by atoms with Gasteiger partial charge in [0.15, 0.2) is 0 Å². The first-order valence-electron chi connectivity index (χ1n) is 10.3. The summed E-state index contributed by atoms with van der Waals surface area (Å²) in [6.07, 6.45) is 0. The minimum absolute atomic E-state index is 0.00679. The van der Waals surface area contributed by atoms with Gasteiger partial charge < -0.3 is 9.67 Å². The van der Waals surface area contributed by atoms with Crippen molar-refractivity contribution in [1.82, 2.24) is 9.55 Å². The van der Waals surface area contributed by atoms with E-state index in [1.807, 2.05) is 71.3 Å². The van der Waals surface area contributed by atoms with Crippen molar-refractivity contribution in [1.29, 1.82) is 0 Å². The van der Waals surface area contributed by atoms with Crippen molar-refractivity contribution >= 4 is 32.7 Å². The Hall–Kier alpha value is -3.97. The number of nitrogens with zero attached hydrogens (tertiary/aromatic N) is 3. The lowest BCUT2D eigenvalue weighted by molar-refractivity contribution is -0.384. The van der Waals surface area contributed by atoms with Gasteiger partial charge in [-0.25, -0.2) is 4.98 Å². The lowest BCUT2D eigenvalue weighted by Gasteiger charge is -2.24. The average molecular weight is 500 g/mol. The van der Waals surface area contributed by atoms with Crippen molar-refractivity contribution in [3.05, 3.63) is 123 Å². The first-order chi connectivity index (χ1) is 16.0. The molecule has 4 aromatic carbocycles. The number of benzene rings is 4. The molecule has 0 amide bonds. The number of nitro groups is 1. The summed E-state index contributed by atoms with van der Waals surface area (Å²) in [6.45, 7) is 0. The number of aromatic hydroxyl groups is 1. The number of phenols is 1. The summed E-state index contributed by atoms with van der Waals surface area (Å²) in [5.74, 6) is 0.725. The van der Waals surface area contributed by atoms with Gasteiger partial charge in [0.05, 0.1) is 22.0 Å². The summed E-state index contributed by atoms with van der Waals surface area (Å²) in [6, 6.07) is 28.9. The van der Waals surface area contributed by atoms with Crippen LogP contribution in [-0.2, 0) is 0 Å². The number of hydrogen-bond acceptors (Lipinski definition) is 4. The van der Waals surface area contributed by atoms with Crippen LogP contribution in [0.5, 0.6) is 5.75 Å². The molecular weight excluding hydrogens is 482 g/mol. The molecule has 7 heteroatoms. The Morgan fingerprint density at radius 3 is 2.45 bits per heavy atom. The van der Waals surface area contributed by atoms with Crippen molar-refractivity contribution in [3.8, 4) is 17.1 Å². The van der Waals surface area contributed by atoms with Gasteiger partial charge in [0, 0.05) is 27.7 Å². The Morgan fingerprint density at radius 2 is 1.67 bits per heavy atom. The van der Waals surface area contributed by atoms with Gasteiger partial charge in [0.1, 0.15) is 11.6 Å². The molecule has 0 spiro atoms. The van der Waals surface area contributed by atoms with Crippen LogP contribution >= 0.6 is 15.9 Å². The third-order valence-corrected chi connectivity index (χ3v) is 6.06. The lowest BCUT2D eigenvalue weighted by atomic mass is 9.96. The second kappa shape index (κ2) is 8.52. The summed E-state index contributed by atoms with van der Waals surface area (Å²) >= 11 is 3.53. The van der Waals surface area contributed by atoms with Crippen LogP contribution in [0.2, 0.25) is 0 Å². The van der Waals surface area contributed by atoms with Crippen LogP contribution in [0.1, 0.15) is 17.2 Å². The molecule has 1 N–H and O–H groups in total. The Bertz CT molecular complexity index is 1480. The topological polar surface area (TPSA) is 81.2 Å². The second-order valence-corrected chi connectivity index (χ2v) is 8.53. The number of nitro benzene ring substituents is 1. The Labute approximate surface area is 198 Å². The molecule has 0 aliphatic carbocycles. The molecule has 5 aromatic rings. The maximum atomic E-state index is 11.4. The van der Waals surface area contributed by atoms with Crippen LogP contribution in [0.25, 0.3) is 22.4 Å². The highest BCUT2D eigenvalue weighted by molar-refractivity contribution is 9.10. The lowest BCUT2D eigenvalue weighted by Crippen LogP contribution is -2.14. The van der Waals surface area contributed by atoms with Gasteiger partial charge in [-0.1, -0.05) is 70.5 Å². The number of phenolic OH excluding ortho intramolecular Hbond substituents is 1. The van der Waals surface area contributed by atoms with Gasteiger partial charge >= 0.3 is 0 Å². The molecule has 0 saturated heterocycles. The van der Waals surface area contributed by atoms with Crippen molar-refractivity contribution in [3.63, 3.8) is 0 Å². The molecule has 1 atom stereocenters. The van der Waals surface area contributed by atoms with Gasteiger partial charge in [-0.2, -0.15) is 0 Å². The van der Waals surface area contributed by atoms with E-state index in [1.54, 1.807) is 18.2 Å². The maximum Gasteiger partial charge on any atom is 0.270 e. The summed E-state index contributed by atoms with van der Waals surface area (Å²) < 4.78 is 2.86. The molecular formula is C26H18BrN3O3. The van der Waals surface area contributed by atoms with E-state index < -0.39 is 11.0 Å². The number of para-hydroxylation sites is 2. The summed E-state index contributed by atoms with van der Waals surface area (Å²) in [4.78, 5) is 15.9. The number of fused-ring (bicyclic) bond motifs is 1. The van der Waals surface area contributed by atoms with Gasteiger partial charge in [-0.05, 0) is 35.9 Å². The summed E-state index contributed by atoms with van der Waals surface area (Å²) in [5, 5.41) is 22.3. The molecule has 33 heavy (non-hydrogen) atoms. The first kappa shape index (κ1) is 20.9. The fourth-order valence-corrected chi connectivity index (χ4v) is 4.49. The summed E-state index contributed by atoms with van der Waals surface area (Å²) in [5.41, 5.74) is 3.86. The van der Waals surface area contributed by atoms with Gasteiger partial charge in [-0.15, -0.1) is 0 Å². The standard InChI is InChI=1S/C26H18BrN3O3/c27-19-13-14-24(31)21(16-19)25(17-7-2-1-3-8-17)29-23-12-5-4-11-22(23)28-26(29)18-9-6-10-20(15-18)30(32)33/h1-16,25,31H. The Balaban J connectivity index is 1.86. The fourth-order valence-electron chi connectivity index (χ4n) is 4.12. The Kier molecular flexibility index (Phi) is 5.40. The van der Waals surface area contributed by atoms with Crippen molar-refractivity contribution in [2.24, 2.45) is 0 Å². The molecule has 0 aliphatic rings. The minimum atomic E-state index is -0.426. The number of hydrogen-bond donors (Lipinski definition) is 1. The number of rotatable bonds is 5. The van der Waals surface area contributed by atoms with E-state index in [0.29, 0.717) is 17.0 Å². The van der Waals surface area contributed by atoms with E-state index in [9.17, 15) is 15.2 Å². The van der Waals surface area contributed by atoms with Crippen molar-refractivity contribution < 1.29 is 10.0 Å². The fraction of sp³-hybridized carbons (Fsp3) is 0.0385. The van der Waals surface area contributed by atoms with Crippen LogP contribution in [0.4, 0.5) is 5.69 Å². The SMILES string of the molecule is O=[N+]([O-])c1cccc(-c2nc3ccccc3n2C(c2ccccc2)c2cc(Br)ccc2O)c1. The molecule has 162 valence electrons. The molecule has 6 nitrogen and oxygen atoms in total. The predicted molar refractivity (Wildman–Crippen MR) is 131 cm³/mol. The van der Waals surface area contributed by atoms with E-state index in [-0.39, 0.29) is 11.4 Å². The smallest absolute Gasteiger partial charge is 0.270 e. The number of imidazole rings is 1. The summed E-state index contributed by atoms with van der Waals surface area (Å²) in [7, 11) is 0. The number of non-ortho nitro benzene ring substituents is 1. The molecule has 0 fully saturated rings. The zero-order valence-corrected chi connectivity index (χ0v) is 18.9. The number of aromatic nitrogens is 2. The van der Waals surface area contributed by atoms with E-state index >= 15 is 0 Å². The zero-order chi connectivity index (χ0) is 22.9. The highest BCUT2D eigenvalue weighted by atomic mass is 79.9. The zero-order valence-electron chi connectivity index (χ0n) is 17.3. The van der Waals surface area contributed by atoms with Crippen LogP contribution in [0, 0.1) is 10.1 Å². The second-order valence-electron chi connectivity index (χ2n) is 7.62. The monoisotopic (exact) mass is 499 g/mol. The van der Waals surface area contributed by atoms with Crippen LogP contribution in [-0.4, -0.2) is 19.6 Å². The van der Waals surface area contributed by atoms with Crippen LogP contribution in [0.15, 0.2) is 102 Å². The minimum Gasteiger partial charge on any atom is -0.508 e. The van der Waals surface area contributed by atoms with E-state index in [0.717, 1.165) is 21.1 Å². The molecule has 0 bridgehead atoms. The van der Waals surface area contributed by atoms with E-state index in [1.165, 1.54) is 12.1 Å². The third kappa shape index (κ3) is 3.87. The van der Waals surface area contributed by atoms with Gasteiger partial charge in [0.2, 0.25) is 0 Å². The molecule has 5 rings (SSSR count). The van der Waals surface area contributed by atoms with E-state index in [4.69, 9.17) is 4.98 Å². The normalized spacial score (nSPS) is 12.0. The molecule has 0 radical (unpaired) electrons. The van der Waals surface area contributed by atoms with Crippen LogP contribution in [0.3, 0.4) is 0 Å². The molecule has 0 aliphatic heterocycles. The van der Waals surface area contributed by atoms with Crippen LogP contribution < -0.4 is 0 Å². The van der Waals surface area contributed by atoms with Gasteiger partial charge in [0.25, 0.3) is 5.69 Å². The molecule has 1 heterocycles.